The Morgan fingerprint density at radius 3 is 2.47 bits per heavy atom. The van der Waals surface area contributed by atoms with Crippen LogP contribution < -0.4 is 0 Å². The first-order valence-electron chi connectivity index (χ1n) is 6.38. The third-order valence-corrected chi connectivity index (χ3v) is 3.80. The van der Waals surface area contributed by atoms with Crippen LogP contribution in [0.1, 0.15) is 60.3 Å². The van der Waals surface area contributed by atoms with Crippen LogP contribution in [0, 0.1) is 10.8 Å². The van der Waals surface area contributed by atoms with Crippen LogP contribution in [0.3, 0.4) is 0 Å². The molecule has 0 heteroatoms. The smallest absolute Gasteiger partial charge is 0.0138 e. The van der Waals surface area contributed by atoms with E-state index in [0.717, 1.165) is 0 Å². The van der Waals surface area contributed by atoms with Crippen LogP contribution in [0.5, 0.6) is 0 Å². The molecule has 0 amide bonds. The van der Waals surface area contributed by atoms with Crippen LogP contribution in [0.4, 0.5) is 0 Å². The molecule has 2 rings (SSSR count). The van der Waals surface area contributed by atoms with E-state index in [1.807, 2.05) is 13.8 Å². The Hall–Kier alpha value is -0.520. The van der Waals surface area contributed by atoms with Crippen molar-refractivity contribution in [2.75, 3.05) is 0 Å². The highest BCUT2D eigenvalue weighted by molar-refractivity contribution is 5.22. The molecular weight excluding hydrogens is 180 g/mol. The molecule has 1 saturated carbocycles. The van der Waals surface area contributed by atoms with Gasteiger partial charge in [-0.05, 0) is 43.4 Å². The van der Waals surface area contributed by atoms with Crippen LogP contribution >= 0.6 is 0 Å². The summed E-state index contributed by atoms with van der Waals surface area (Å²) in [6, 6.07) is 0. The molecule has 0 aromatic carbocycles. The standard InChI is InChI=1S/C13H20.C2H6/c1-11-4-6-12(2)8-9-13(3,10-12)7-5-11;1-2/h4-6H,7-10H2,1-3H3;1-2H3/b6-4-,11-5-;. The summed E-state index contributed by atoms with van der Waals surface area (Å²) in [4.78, 5) is 0. The molecule has 2 aliphatic rings. The van der Waals surface area contributed by atoms with Crippen molar-refractivity contribution in [1.29, 1.82) is 0 Å². The first-order chi connectivity index (χ1) is 7.02. The van der Waals surface area contributed by atoms with Crippen molar-refractivity contribution in [1.82, 2.24) is 0 Å². The predicted octanol–water partition coefficient (Wildman–Crippen LogP) is 5.12. The predicted molar refractivity (Wildman–Crippen MR) is 68.9 cm³/mol. The number of hydrogen-bond donors (Lipinski definition) is 0. The molecule has 0 spiro atoms. The molecule has 2 bridgehead atoms. The van der Waals surface area contributed by atoms with E-state index in [2.05, 4.69) is 39.0 Å². The molecule has 0 saturated heterocycles. The highest BCUT2D eigenvalue weighted by Gasteiger charge is 2.40. The minimum atomic E-state index is 0.490. The third kappa shape index (κ3) is 2.96. The Morgan fingerprint density at radius 1 is 1.13 bits per heavy atom. The second-order valence-corrected chi connectivity index (χ2v) is 5.63. The Bertz CT molecular complexity index is 272. The van der Waals surface area contributed by atoms with Gasteiger partial charge in [0.15, 0.2) is 0 Å². The minimum absolute atomic E-state index is 0.490. The largest absolute Gasteiger partial charge is 0.0811 e. The van der Waals surface area contributed by atoms with Crippen molar-refractivity contribution in [3.63, 3.8) is 0 Å². The summed E-state index contributed by atoms with van der Waals surface area (Å²) in [5.74, 6) is 0. The van der Waals surface area contributed by atoms with Gasteiger partial charge >= 0.3 is 0 Å². The van der Waals surface area contributed by atoms with Gasteiger partial charge in [0, 0.05) is 0 Å². The molecule has 0 nitrogen and oxygen atoms in total. The Morgan fingerprint density at radius 2 is 1.80 bits per heavy atom. The number of fused-ring (bicyclic) bond motifs is 2. The lowest BCUT2D eigenvalue weighted by molar-refractivity contribution is 0.301. The van der Waals surface area contributed by atoms with E-state index in [9.17, 15) is 0 Å². The molecule has 1 fully saturated rings. The van der Waals surface area contributed by atoms with Gasteiger partial charge in [-0.2, -0.15) is 0 Å². The number of allylic oxidation sites excluding steroid dienone is 4. The molecule has 2 atom stereocenters. The van der Waals surface area contributed by atoms with E-state index in [-0.39, 0.29) is 0 Å². The topological polar surface area (TPSA) is 0 Å². The van der Waals surface area contributed by atoms with E-state index in [1.165, 1.54) is 31.3 Å². The van der Waals surface area contributed by atoms with Gasteiger partial charge < -0.3 is 0 Å². The quantitative estimate of drug-likeness (QED) is 0.516. The summed E-state index contributed by atoms with van der Waals surface area (Å²) in [6.45, 7) is 11.1. The molecule has 0 heterocycles. The van der Waals surface area contributed by atoms with E-state index >= 15 is 0 Å². The second-order valence-electron chi connectivity index (χ2n) is 5.63. The number of hydrogen-bond acceptors (Lipinski definition) is 0. The summed E-state index contributed by atoms with van der Waals surface area (Å²) in [6.07, 6.45) is 12.6. The van der Waals surface area contributed by atoms with Gasteiger partial charge in [-0.3, -0.25) is 0 Å². The zero-order chi connectivity index (χ0) is 11.5. The van der Waals surface area contributed by atoms with Gasteiger partial charge in [-0.15, -0.1) is 0 Å². The molecule has 0 N–H and O–H groups in total. The molecule has 0 radical (unpaired) electrons. The fourth-order valence-electron chi connectivity index (χ4n) is 2.86. The average molecular weight is 206 g/mol. The summed E-state index contributed by atoms with van der Waals surface area (Å²) in [7, 11) is 0. The summed E-state index contributed by atoms with van der Waals surface area (Å²) in [5.41, 5.74) is 2.52. The van der Waals surface area contributed by atoms with Crippen molar-refractivity contribution in [3.8, 4) is 0 Å². The lowest BCUT2D eigenvalue weighted by atomic mass is 9.78. The molecule has 2 unspecified atom stereocenters. The summed E-state index contributed by atoms with van der Waals surface area (Å²) < 4.78 is 0. The monoisotopic (exact) mass is 206 g/mol. The van der Waals surface area contributed by atoms with Crippen LogP contribution in [-0.2, 0) is 0 Å². The van der Waals surface area contributed by atoms with Crippen molar-refractivity contribution < 1.29 is 0 Å². The van der Waals surface area contributed by atoms with Crippen molar-refractivity contribution in [2.24, 2.45) is 10.8 Å². The first kappa shape index (κ1) is 12.5. The van der Waals surface area contributed by atoms with Crippen LogP contribution in [0.25, 0.3) is 0 Å². The second kappa shape index (κ2) is 4.55. The van der Waals surface area contributed by atoms with Crippen LogP contribution in [-0.4, -0.2) is 0 Å². The van der Waals surface area contributed by atoms with Gasteiger partial charge in [0.25, 0.3) is 0 Å². The zero-order valence-corrected chi connectivity index (χ0v) is 11.1. The van der Waals surface area contributed by atoms with Gasteiger partial charge in [0.2, 0.25) is 0 Å². The van der Waals surface area contributed by atoms with Crippen molar-refractivity contribution in [2.45, 2.75) is 60.3 Å². The van der Waals surface area contributed by atoms with E-state index in [0.29, 0.717) is 10.8 Å². The Labute approximate surface area is 95.5 Å². The molecule has 0 aromatic rings. The lowest BCUT2D eigenvalue weighted by Crippen LogP contribution is -2.16. The van der Waals surface area contributed by atoms with E-state index in [4.69, 9.17) is 0 Å². The van der Waals surface area contributed by atoms with E-state index < -0.39 is 0 Å². The summed E-state index contributed by atoms with van der Waals surface area (Å²) in [5, 5.41) is 0. The van der Waals surface area contributed by atoms with Crippen LogP contribution in [0.15, 0.2) is 23.8 Å². The van der Waals surface area contributed by atoms with Crippen molar-refractivity contribution >= 4 is 0 Å². The SMILES string of the molecule is CC.CC1=C/CC2(C)CCC(C)(/C=C\1)C2. The molecule has 0 aromatic heterocycles. The maximum absolute atomic E-state index is 2.45. The van der Waals surface area contributed by atoms with Gasteiger partial charge in [0.05, 0.1) is 0 Å². The maximum Gasteiger partial charge on any atom is -0.0138 e. The van der Waals surface area contributed by atoms with E-state index in [1.54, 1.807) is 0 Å². The average Bonchev–Trinajstić information content (AvgIpc) is 2.54. The zero-order valence-electron chi connectivity index (χ0n) is 11.1. The molecule has 86 valence electrons. The minimum Gasteiger partial charge on any atom is -0.0811 e. The van der Waals surface area contributed by atoms with Gasteiger partial charge in [0.1, 0.15) is 0 Å². The lowest BCUT2D eigenvalue weighted by Gasteiger charge is -2.27. The molecular formula is C15H26. The van der Waals surface area contributed by atoms with Gasteiger partial charge in [-0.1, -0.05) is 51.5 Å². The highest BCUT2D eigenvalue weighted by Crippen LogP contribution is 2.52. The fourth-order valence-corrected chi connectivity index (χ4v) is 2.86. The summed E-state index contributed by atoms with van der Waals surface area (Å²) >= 11 is 0. The fraction of sp³-hybridized carbons (Fsp3) is 0.733. The third-order valence-electron chi connectivity index (χ3n) is 3.80. The number of rotatable bonds is 0. The van der Waals surface area contributed by atoms with Crippen molar-refractivity contribution in [3.05, 3.63) is 23.8 Å². The molecule has 2 aliphatic carbocycles. The Kier molecular flexibility index (Phi) is 3.81. The first-order valence-corrected chi connectivity index (χ1v) is 6.38. The normalized spacial score (nSPS) is 44.2. The maximum atomic E-state index is 2.45. The molecule has 15 heavy (non-hydrogen) atoms. The Balaban J connectivity index is 0.000000531. The highest BCUT2D eigenvalue weighted by atomic mass is 14.4. The molecule has 0 aliphatic heterocycles. The van der Waals surface area contributed by atoms with Gasteiger partial charge in [-0.25, -0.2) is 0 Å². The van der Waals surface area contributed by atoms with Crippen LogP contribution in [0.2, 0.25) is 0 Å².